The van der Waals surface area contributed by atoms with E-state index in [9.17, 15) is 4.79 Å². The molecule has 6 nitrogen and oxygen atoms in total. The van der Waals surface area contributed by atoms with E-state index in [1.54, 1.807) is 0 Å². The molecule has 0 bridgehead atoms. The lowest BCUT2D eigenvalue weighted by Gasteiger charge is -2.29. The second-order valence-corrected chi connectivity index (χ2v) is 10.5. The van der Waals surface area contributed by atoms with Crippen LogP contribution in [0.3, 0.4) is 0 Å². The van der Waals surface area contributed by atoms with Crippen molar-refractivity contribution in [2.45, 2.75) is 65.0 Å². The number of ether oxygens (including phenoxy) is 1. The van der Waals surface area contributed by atoms with Gasteiger partial charge in [0.1, 0.15) is 11.2 Å². The van der Waals surface area contributed by atoms with Gasteiger partial charge < -0.3 is 14.6 Å². The molecule has 1 aliphatic rings. The summed E-state index contributed by atoms with van der Waals surface area (Å²) in [6.45, 7) is 10.8. The van der Waals surface area contributed by atoms with Gasteiger partial charge in [-0.15, -0.1) is 0 Å². The van der Waals surface area contributed by atoms with E-state index >= 15 is 0 Å². The van der Waals surface area contributed by atoms with Gasteiger partial charge in [-0.3, -0.25) is 4.98 Å². The lowest BCUT2D eigenvalue weighted by molar-refractivity contribution is 0.0225. The molecule has 5 rings (SSSR count). The number of rotatable bonds is 3. The minimum Gasteiger partial charge on any atom is -0.444 e. The average molecular weight is 457 g/mol. The van der Waals surface area contributed by atoms with Crippen LogP contribution >= 0.6 is 0 Å². The Bertz CT molecular complexity index is 1370. The topological polar surface area (TPSA) is 71.1 Å². The van der Waals surface area contributed by atoms with E-state index in [0.717, 1.165) is 51.3 Å². The predicted octanol–water partition coefficient (Wildman–Crippen LogP) is 6.97. The van der Waals surface area contributed by atoms with Gasteiger partial charge in [0.25, 0.3) is 0 Å². The number of nitrogens with zero attached hydrogens (tertiary/aromatic N) is 3. The number of aromatic amines is 1. The molecule has 1 saturated heterocycles. The van der Waals surface area contributed by atoms with E-state index in [-0.39, 0.29) is 12.1 Å². The third kappa shape index (κ3) is 4.13. The number of hydrogen-bond acceptors (Lipinski definition) is 4. The second-order valence-electron chi connectivity index (χ2n) is 10.5. The lowest BCUT2D eigenvalue weighted by Crippen LogP contribution is -2.36. The molecule has 1 aliphatic heterocycles. The van der Waals surface area contributed by atoms with Gasteiger partial charge in [0.2, 0.25) is 0 Å². The maximum Gasteiger partial charge on any atom is 0.410 e. The number of aromatic nitrogens is 3. The van der Waals surface area contributed by atoms with E-state index in [2.05, 4.69) is 48.2 Å². The smallest absolute Gasteiger partial charge is 0.410 e. The SMILES string of the molecule is CC(C)c1c[nH]c2ncc(-c3cc(C4CCCN4C(=O)OC(C)(C)C)c4cnccc4c3)cc12. The number of likely N-dealkylation sites (tertiary alicyclic amines) is 1. The molecule has 1 atom stereocenters. The summed E-state index contributed by atoms with van der Waals surface area (Å²) in [5.41, 5.74) is 4.92. The maximum atomic E-state index is 13.0. The predicted molar refractivity (Wildman–Crippen MR) is 136 cm³/mol. The highest BCUT2D eigenvalue weighted by atomic mass is 16.6. The van der Waals surface area contributed by atoms with Crippen LogP contribution in [0.25, 0.3) is 32.9 Å². The Kier molecular flexibility index (Phi) is 5.54. The van der Waals surface area contributed by atoms with Crippen molar-refractivity contribution in [2.75, 3.05) is 6.54 Å². The molecule has 1 N–H and O–H groups in total. The Morgan fingerprint density at radius 2 is 1.97 bits per heavy atom. The average Bonchev–Trinajstić information content (AvgIpc) is 3.44. The Hall–Kier alpha value is -3.41. The first-order valence-electron chi connectivity index (χ1n) is 12.1. The number of carbonyl (C=O) groups excluding carboxylic acids is 1. The lowest BCUT2D eigenvalue weighted by atomic mass is 9.93. The number of benzene rings is 1. The Morgan fingerprint density at radius 3 is 2.74 bits per heavy atom. The van der Waals surface area contributed by atoms with E-state index in [0.29, 0.717) is 12.5 Å². The van der Waals surface area contributed by atoms with Crippen LogP contribution in [0.5, 0.6) is 0 Å². The summed E-state index contributed by atoms with van der Waals surface area (Å²) in [6.07, 6.45) is 9.31. The van der Waals surface area contributed by atoms with E-state index in [4.69, 9.17) is 9.72 Å². The molecule has 176 valence electrons. The second kappa shape index (κ2) is 8.42. The van der Waals surface area contributed by atoms with Crippen molar-refractivity contribution in [1.82, 2.24) is 19.9 Å². The summed E-state index contributed by atoms with van der Waals surface area (Å²) in [5, 5.41) is 3.34. The third-order valence-electron chi connectivity index (χ3n) is 6.55. The monoisotopic (exact) mass is 456 g/mol. The molecule has 34 heavy (non-hydrogen) atoms. The number of hydrogen-bond donors (Lipinski definition) is 1. The van der Waals surface area contributed by atoms with Gasteiger partial charge in [0, 0.05) is 47.7 Å². The highest BCUT2D eigenvalue weighted by molar-refractivity contribution is 5.92. The van der Waals surface area contributed by atoms with Crippen molar-refractivity contribution < 1.29 is 9.53 Å². The zero-order chi connectivity index (χ0) is 24.0. The quantitative estimate of drug-likeness (QED) is 0.361. The maximum absolute atomic E-state index is 13.0. The van der Waals surface area contributed by atoms with Gasteiger partial charge in [0.15, 0.2) is 0 Å². The van der Waals surface area contributed by atoms with Gasteiger partial charge in [-0.05, 0) is 85.9 Å². The van der Waals surface area contributed by atoms with Crippen LogP contribution in [0.2, 0.25) is 0 Å². The number of fused-ring (bicyclic) bond motifs is 2. The van der Waals surface area contributed by atoms with Crippen molar-refractivity contribution in [1.29, 1.82) is 0 Å². The van der Waals surface area contributed by atoms with E-state index < -0.39 is 5.60 Å². The normalized spacial score (nSPS) is 16.6. The van der Waals surface area contributed by atoms with Crippen LogP contribution in [0.15, 0.2) is 49.1 Å². The van der Waals surface area contributed by atoms with Crippen LogP contribution in [0, 0.1) is 0 Å². The van der Waals surface area contributed by atoms with Crippen molar-refractivity contribution in [3.05, 3.63) is 60.2 Å². The first kappa shape index (κ1) is 22.4. The van der Waals surface area contributed by atoms with Crippen molar-refractivity contribution in [3.63, 3.8) is 0 Å². The molecule has 0 aliphatic carbocycles. The fourth-order valence-corrected chi connectivity index (χ4v) is 4.96. The summed E-state index contributed by atoms with van der Waals surface area (Å²) in [6, 6.07) is 8.62. The molecule has 4 heterocycles. The highest BCUT2D eigenvalue weighted by Gasteiger charge is 2.34. The van der Waals surface area contributed by atoms with Crippen molar-refractivity contribution >= 4 is 27.9 Å². The standard InChI is InChI=1S/C28H32N4O2/c1-17(2)23-16-31-26-22(23)13-20(14-30-26)19-11-18-8-9-29-15-24(18)21(12-19)25-7-6-10-32(25)27(33)34-28(3,4)5/h8-9,11-17,25H,6-7,10H2,1-5H3,(H,30,31). The first-order valence-corrected chi connectivity index (χ1v) is 12.1. The highest BCUT2D eigenvalue weighted by Crippen LogP contribution is 2.39. The summed E-state index contributed by atoms with van der Waals surface area (Å²) in [7, 11) is 0. The summed E-state index contributed by atoms with van der Waals surface area (Å²) in [5.74, 6) is 0.407. The zero-order valence-corrected chi connectivity index (χ0v) is 20.6. The Balaban J connectivity index is 1.62. The molecule has 0 saturated carbocycles. The van der Waals surface area contributed by atoms with Crippen LogP contribution in [-0.2, 0) is 4.74 Å². The summed E-state index contributed by atoms with van der Waals surface area (Å²) in [4.78, 5) is 27.3. The minimum atomic E-state index is -0.526. The molecule has 1 amide bonds. The molecule has 1 unspecified atom stereocenters. The van der Waals surface area contributed by atoms with Crippen molar-refractivity contribution in [3.8, 4) is 11.1 Å². The third-order valence-corrected chi connectivity index (χ3v) is 6.55. The van der Waals surface area contributed by atoms with Gasteiger partial charge >= 0.3 is 6.09 Å². The van der Waals surface area contributed by atoms with Crippen LogP contribution in [0.1, 0.15) is 70.5 Å². The number of pyridine rings is 2. The van der Waals surface area contributed by atoms with Crippen LogP contribution < -0.4 is 0 Å². The van der Waals surface area contributed by atoms with Crippen LogP contribution in [-0.4, -0.2) is 38.1 Å². The fraction of sp³-hybridized carbons (Fsp3) is 0.393. The molecular formula is C28H32N4O2. The summed E-state index contributed by atoms with van der Waals surface area (Å²) < 4.78 is 5.73. The molecule has 1 aromatic carbocycles. The largest absolute Gasteiger partial charge is 0.444 e. The van der Waals surface area contributed by atoms with Crippen LogP contribution in [0.4, 0.5) is 4.79 Å². The number of carbonyl (C=O) groups is 1. The van der Waals surface area contributed by atoms with E-state index in [1.807, 2.05) is 50.3 Å². The molecule has 1 fully saturated rings. The number of H-pyrrole nitrogens is 1. The number of nitrogens with one attached hydrogen (secondary N) is 1. The van der Waals surface area contributed by atoms with E-state index in [1.165, 1.54) is 5.56 Å². The molecule has 0 spiro atoms. The van der Waals surface area contributed by atoms with Gasteiger partial charge in [-0.2, -0.15) is 0 Å². The van der Waals surface area contributed by atoms with Crippen molar-refractivity contribution in [2.24, 2.45) is 0 Å². The van der Waals surface area contributed by atoms with Gasteiger partial charge in [0.05, 0.1) is 6.04 Å². The molecule has 3 aromatic heterocycles. The molecule has 0 radical (unpaired) electrons. The van der Waals surface area contributed by atoms with Gasteiger partial charge in [-0.25, -0.2) is 9.78 Å². The summed E-state index contributed by atoms with van der Waals surface area (Å²) >= 11 is 0. The fourth-order valence-electron chi connectivity index (χ4n) is 4.96. The first-order chi connectivity index (χ1) is 16.2. The molecular weight excluding hydrogens is 424 g/mol. The molecule has 6 heteroatoms. The minimum absolute atomic E-state index is 0.0447. The van der Waals surface area contributed by atoms with Gasteiger partial charge in [-0.1, -0.05) is 13.8 Å². The Labute approximate surface area is 200 Å². The Morgan fingerprint density at radius 1 is 1.15 bits per heavy atom. The molecule has 4 aromatic rings. The zero-order valence-electron chi connectivity index (χ0n) is 20.6. The number of amides is 1.